The lowest BCUT2D eigenvalue weighted by molar-refractivity contribution is -0.136. The van der Waals surface area contributed by atoms with Crippen molar-refractivity contribution in [1.82, 2.24) is 20.4 Å². The molecule has 1 unspecified atom stereocenters. The zero-order valence-electron chi connectivity index (χ0n) is 19.7. The highest BCUT2D eigenvalue weighted by Gasteiger charge is 2.27. The van der Waals surface area contributed by atoms with Gasteiger partial charge in [-0.05, 0) is 44.9 Å². The number of piperidine rings is 1. The number of nitrogens with one attached hydrogen (secondary N) is 2. The fourth-order valence-electron chi connectivity index (χ4n) is 3.95. The van der Waals surface area contributed by atoms with Crippen LogP contribution in [0.25, 0.3) is 0 Å². The van der Waals surface area contributed by atoms with Gasteiger partial charge in [-0.25, -0.2) is 4.99 Å². The van der Waals surface area contributed by atoms with E-state index in [-0.39, 0.29) is 60.4 Å². The first-order valence-corrected chi connectivity index (χ1v) is 11.6. The molecule has 0 aromatic carbocycles. The number of likely N-dealkylation sites (tertiary alicyclic amines) is 1. The number of guanidine groups is 1. The zero-order valence-corrected chi connectivity index (χ0v) is 22.0. The van der Waals surface area contributed by atoms with Gasteiger partial charge in [0, 0.05) is 52.3 Å². The Bertz CT molecular complexity index is 569. The van der Waals surface area contributed by atoms with Gasteiger partial charge in [0.1, 0.15) is 6.54 Å². The molecule has 0 aromatic rings. The number of hydrogen-bond donors (Lipinski definition) is 2. The van der Waals surface area contributed by atoms with E-state index in [9.17, 15) is 9.59 Å². The molecular weight excluding hydrogens is 509 g/mol. The topological polar surface area (TPSA) is 86.3 Å². The quantitative estimate of drug-likeness (QED) is 0.275. The lowest BCUT2D eigenvalue weighted by Gasteiger charge is -2.35. The summed E-state index contributed by atoms with van der Waals surface area (Å²) in [4.78, 5) is 32.7. The van der Waals surface area contributed by atoms with Crippen molar-refractivity contribution >= 4 is 41.8 Å². The summed E-state index contributed by atoms with van der Waals surface area (Å²) in [6.45, 7) is 7.31. The molecule has 2 rings (SSSR count). The zero-order chi connectivity index (χ0) is 21.9. The number of ether oxygens (including phenoxy) is 1. The summed E-state index contributed by atoms with van der Waals surface area (Å²) in [7, 11) is 3.47. The highest BCUT2D eigenvalue weighted by Crippen LogP contribution is 2.17. The second kappa shape index (κ2) is 14.9. The summed E-state index contributed by atoms with van der Waals surface area (Å²) >= 11 is 0. The van der Waals surface area contributed by atoms with E-state index in [0.29, 0.717) is 12.5 Å². The average molecular weight is 552 g/mol. The molecule has 2 N–H and O–H groups in total. The van der Waals surface area contributed by atoms with Crippen molar-refractivity contribution in [2.75, 3.05) is 46.9 Å². The molecule has 31 heavy (non-hydrogen) atoms. The number of likely N-dealkylation sites (N-methyl/N-ethyl adjacent to an activating group) is 1. The van der Waals surface area contributed by atoms with Crippen LogP contribution in [0.4, 0.5) is 0 Å². The number of aliphatic imine (C=N–C) groups is 1. The fraction of sp³-hybridized carbons (Fsp3) is 0.864. The van der Waals surface area contributed by atoms with E-state index in [4.69, 9.17) is 4.74 Å². The van der Waals surface area contributed by atoms with Crippen LogP contribution in [-0.4, -0.2) is 86.6 Å². The van der Waals surface area contributed by atoms with Gasteiger partial charge in [0.25, 0.3) is 0 Å². The van der Waals surface area contributed by atoms with Crippen LogP contribution in [0.5, 0.6) is 0 Å². The summed E-state index contributed by atoms with van der Waals surface area (Å²) < 4.78 is 5.80. The maximum atomic E-state index is 12.6. The number of carbonyl (C=O) groups is 2. The predicted molar refractivity (Wildman–Crippen MR) is 135 cm³/mol. The SMILES string of the molecule is CCC(CC)C(=O)N1CCC(NC(=NCC(=O)N(C)C)NCC2CCCCO2)CC1.I. The maximum absolute atomic E-state index is 12.6. The molecule has 0 bridgehead atoms. The minimum atomic E-state index is -0.0318. The molecule has 2 aliphatic rings. The Morgan fingerprint density at radius 3 is 2.35 bits per heavy atom. The summed E-state index contributed by atoms with van der Waals surface area (Å²) in [5, 5.41) is 6.85. The molecule has 2 aliphatic heterocycles. The smallest absolute Gasteiger partial charge is 0.243 e. The highest BCUT2D eigenvalue weighted by molar-refractivity contribution is 14.0. The fourth-order valence-corrected chi connectivity index (χ4v) is 3.95. The molecule has 0 radical (unpaired) electrons. The van der Waals surface area contributed by atoms with Crippen LogP contribution in [0.2, 0.25) is 0 Å². The van der Waals surface area contributed by atoms with Gasteiger partial charge in [-0.1, -0.05) is 13.8 Å². The van der Waals surface area contributed by atoms with E-state index in [0.717, 1.165) is 58.2 Å². The van der Waals surface area contributed by atoms with Crippen molar-refractivity contribution in [2.45, 2.75) is 70.9 Å². The largest absolute Gasteiger partial charge is 0.376 e. The second-order valence-corrected chi connectivity index (χ2v) is 8.58. The Morgan fingerprint density at radius 2 is 1.81 bits per heavy atom. The Balaban J connectivity index is 0.00000480. The molecule has 1 atom stereocenters. The Labute approximate surface area is 204 Å². The molecular formula is C22H42IN5O3. The number of carbonyl (C=O) groups excluding carboxylic acids is 2. The van der Waals surface area contributed by atoms with Crippen LogP contribution < -0.4 is 10.6 Å². The van der Waals surface area contributed by atoms with Gasteiger partial charge in [-0.15, -0.1) is 24.0 Å². The standard InChI is InChI=1S/C22H41N5O3.HI/c1-5-17(6-2)21(29)27-12-10-18(11-13-27)25-22(24-16-20(28)26(3)4)23-15-19-9-7-8-14-30-19;/h17-19H,5-16H2,1-4H3,(H2,23,24,25);1H. The highest BCUT2D eigenvalue weighted by atomic mass is 127. The van der Waals surface area contributed by atoms with Gasteiger partial charge < -0.3 is 25.2 Å². The lowest BCUT2D eigenvalue weighted by atomic mass is 9.98. The summed E-state index contributed by atoms with van der Waals surface area (Å²) in [6, 6.07) is 0.240. The number of nitrogens with zero attached hydrogens (tertiary/aromatic N) is 3. The van der Waals surface area contributed by atoms with Gasteiger partial charge in [-0.3, -0.25) is 9.59 Å². The second-order valence-electron chi connectivity index (χ2n) is 8.58. The lowest BCUT2D eigenvalue weighted by Crippen LogP contribution is -2.52. The number of amides is 2. The molecule has 0 spiro atoms. The van der Waals surface area contributed by atoms with Gasteiger partial charge in [0.05, 0.1) is 6.10 Å². The Hall–Kier alpha value is -1.10. The third-order valence-electron chi connectivity index (χ3n) is 6.12. The molecule has 0 aliphatic carbocycles. The van der Waals surface area contributed by atoms with Crippen molar-refractivity contribution in [3.8, 4) is 0 Å². The van der Waals surface area contributed by atoms with Crippen molar-refractivity contribution in [3.05, 3.63) is 0 Å². The van der Waals surface area contributed by atoms with Crippen molar-refractivity contribution in [2.24, 2.45) is 10.9 Å². The van der Waals surface area contributed by atoms with Gasteiger partial charge >= 0.3 is 0 Å². The first kappa shape index (κ1) is 27.9. The molecule has 2 heterocycles. The monoisotopic (exact) mass is 551 g/mol. The minimum absolute atomic E-state index is 0. The molecule has 180 valence electrons. The molecule has 2 saturated heterocycles. The van der Waals surface area contributed by atoms with Crippen molar-refractivity contribution < 1.29 is 14.3 Å². The van der Waals surface area contributed by atoms with Crippen LogP contribution >= 0.6 is 24.0 Å². The summed E-state index contributed by atoms with van der Waals surface area (Å²) in [6.07, 6.45) is 7.12. The Morgan fingerprint density at radius 1 is 1.13 bits per heavy atom. The third kappa shape index (κ3) is 9.51. The molecule has 2 amide bonds. The van der Waals surface area contributed by atoms with Gasteiger partial charge in [0.15, 0.2) is 5.96 Å². The number of halogens is 1. The number of hydrogen-bond acceptors (Lipinski definition) is 4. The maximum Gasteiger partial charge on any atom is 0.243 e. The third-order valence-corrected chi connectivity index (χ3v) is 6.12. The van der Waals surface area contributed by atoms with Gasteiger partial charge in [0.2, 0.25) is 11.8 Å². The van der Waals surface area contributed by atoms with Gasteiger partial charge in [-0.2, -0.15) is 0 Å². The first-order chi connectivity index (χ1) is 14.4. The summed E-state index contributed by atoms with van der Waals surface area (Å²) in [5.41, 5.74) is 0. The van der Waals surface area contributed by atoms with E-state index < -0.39 is 0 Å². The van der Waals surface area contributed by atoms with Crippen LogP contribution in [0, 0.1) is 5.92 Å². The van der Waals surface area contributed by atoms with Crippen molar-refractivity contribution in [3.63, 3.8) is 0 Å². The average Bonchev–Trinajstić information content (AvgIpc) is 2.77. The molecule has 2 fully saturated rings. The van der Waals surface area contributed by atoms with Crippen LogP contribution in [0.15, 0.2) is 4.99 Å². The van der Waals surface area contributed by atoms with Crippen LogP contribution in [0.1, 0.15) is 58.8 Å². The molecule has 8 nitrogen and oxygen atoms in total. The van der Waals surface area contributed by atoms with E-state index >= 15 is 0 Å². The first-order valence-electron chi connectivity index (χ1n) is 11.6. The molecule has 9 heteroatoms. The van der Waals surface area contributed by atoms with E-state index in [1.165, 1.54) is 6.42 Å². The number of rotatable bonds is 8. The molecule has 0 aromatic heterocycles. The van der Waals surface area contributed by atoms with Crippen LogP contribution in [0.3, 0.4) is 0 Å². The van der Waals surface area contributed by atoms with E-state index in [1.54, 1.807) is 19.0 Å². The predicted octanol–water partition coefficient (Wildman–Crippen LogP) is 2.22. The Kier molecular flexibility index (Phi) is 13.4. The minimum Gasteiger partial charge on any atom is -0.376 e. The molecule has 0 saturated carbocycles. The van der Waals surface area contributed by atoms with Crippen LogP contribution in [-0.2, 0) is 14.3 Å². The van der Waals surface area contributed by atoms with E-state index in [1.807, 2.05) is 4.90 Å². The normalized spacial score (nSPS) is 20.2. The van der Waals surface area contributed by atoms with E-state index in [2.05, 4.69) is 29.5 Å². The van der Waals surface area contributed by atoms with Crippen molar-refractivity contribution in [1.29, 1.82) is 0 Å². The summed E-state index contributed by atoms with van der Waals surface area (Å²) in [5.74, 6) is 1.05.